The Morgan fingerprint density at radius 1 is 1.22 bits per heavy atom. The molecule has 2 nitrogen and oxygen atoms in total. The Balaban J connectivity index is 1.72. The minimum Gasteiger partial charge on any atom is -0.380 e. The topological polar surface area (TPSA) is 21.3 Å². The average molecular weight is 286 g/mol. The van der Waals surface area contributed by atoms with Crippen molar-refractivity contribution in [1.82, 2.24) is 0 Å². The molecular weight excluding hydrogens is 269 g/mol. The van der Waals surface area contributed by atoms with Crippen LogP contribution in [0, 0.1) is 0 Å². The summed E-state index contributed by atoms with van der Waals surface area (Å²) < 4.78 is 5.92. The van der Waals surface area contributed by atoms with E-state index in [0.29, 0.717) is 16.1 Å². The first kappa shape index (κ1) is 12.6. The lowest BCUT2D eigenvalue weighted by atomic mass is 9.74. The van der Waals surface area contributed by atoms with Crippen molar-refractivity contribution in [2.24, 2.45) is 0 Å². The van der Waals surface area contributed by atoms with Crippen molar-refractivity contribution in [3.05, 3.63) is 28.2 Å². The molecule has 1 aromatic carbocycles. The van der Waals surface area contributed by atoms with E-state index in [4.69, 9.17) is 27.9 Å². The van der Waals surface area contributed by atoms with E-state index in [9.17, 15) is 0 Å². The Morgan fingerprint density at radius 3 is 2.56 bits per heavy atom. The van der Waals surface area contributed by atoms with Gasteiger partial charge in [0, 0.05) is 12.6 Å². The summed E-state index contributed by atoms with van der Waals surface area (Å²) in [7, 11) is 0. The predicted molar refractivity (Wildman–Crippen MR) is 75.6 cm³/mol. The molecule has 98 valence electrons. The highest BCUT2D eigenvalue weighted by Crippen LogP contribution is 2.43. The van der Waals surface area contributed by atoms with Crippen molar-refractivity contribution < 1.29 is 4.74 Å². The third kappa shape index (κ3) is 2.34. The summed E-state index contributed by atoms with van der Waals surface area (Å²) in [4.78, 5) is 0. The van der Waals surface area contributed by atoms with Crippen LogP contribution in [0.25, 0.3) is 0 Å². The summed E-state index contributed by atoms with van der Waals surface area (Å²) in [6.07, 6.45) is 5.76. The predicted octanol–water partition coefficient (Wildman–Crippen LogP) is 4.51. The molecule has 1 aliphatic carbocycles. The zero-order valence-electron chi connectivity index (χ0n) is 10.2. The van der Waals surface area contributed by atoms with Gasteiger partial charge in [0.2, 0.25) is 0 Å². The normalized spacial score (nSPS) is 25.8. The molecule has 0 amide bonds. The van der Waals surface area contributed by atoms with E-state index in [0.717, 1.165) is 25.1 Å². The monoisotopic (exact) mass is 285 g/mol. The van der Waals surface area contributed by atoms with Gasteiger partial charge in [-0.05, 0) is 44.2 Å². The Bertz CT molecular complexity index is 425. The minimum atomic E-state index is 0.143. The summed E-state index contributed by atoms with van der Waals surface area (Å²) in [5, 5.41) is 4.88. The highest BCUT2D eigenvalue weighted by atomic mass is 35.5. The van der Waals surface area contributed by atoms with Crippen molar-refractivity contribution in [3.8, 4) is 0 Å². The summed E-state index contributed by atoms with van der Waals surface area (Å²) in [6, 6.07) is 6.02. The van der Waals surface area contributed by atoms with Crippen molar-refractivity contribution in [1.29, 1.82) is 0 Å². The lowest BCUT2D eigenvalue weighted by Gasteiger charge is -2.47. The maximum atomic E-state index is 6.19. The molecule has 2 aliphatic rings. The first-order chi connectivity index (χ1) is 8.69. The number of rotatable bonds is 2. The molecule has 1 unspecified atom stereocenters. The standard InChI is InChI=1S/C14H17Cl2NO/c15-11-3-1-4-12(16)13(11)17-10-5-8-18-14(9-10)6-2-7-14/h1,3-4,10,17H,2,5-9H2. The number of nitrogens with one attached hydrogen (secondary N) is 1. The zero-order valence-corrected chi connectivity index (χ0v) is 11.7. The van der Waals surface area contributed by atoms with Crippen molar-refractivity contribution >= 4 is 28.9 Å². The molecule has 1 N–H and O–H groups in total. The number of hydrogen-bond donors (Lipinski definition) is 1. The van der Waals surface area contributed by atoms with Crippen LogP contribution in [0.15, 0.2) is 18.2 Å². The second kappa shape index (κ2) is 4.92. The van der Waals surface area contributed by atoms with E-state index in [1.165, 1.54) is 19.3 Å². The van der Waals surface area contributed by atoms with Crippen LogP contribution < -0.4 is 5.32 Å². The third-order valence-electron chi connectivity index (χ3n) is 4.07. The van der Waals surface area contributed by atoms with Gasteiger partial charge in [-0.3, -0.25) is 0 Å². The quantitative estimate of drug-likeness (QED) is 0.863. The zero-order chi connectivity index (χ0) is 12.6. The van der Waals surface area contributed by atoms with E-state index >= 15 is 0 Å². The number of ether oxygens (including phenoxy) is 1. The largest absolute Gasteiger partial charge is 0.380 e. The second-order valence-electron chi connectivity index (χ2n) is 5.32. The van der Waals surface area contributed by atoms with Gasteiger partial charge < -0.3 is 10.1 Å². The van der Waals surface area contributed by atoms with Crippen molar-refractivity contribution in [2.45, 2.75) is 43.7 Å². The Labute approximate surface area is 118 Å². The highest BCUT2D eigenvalue weighted by Gasteiger charge is 2.42. The fourth-order valence-corrected chi connectivity index (χ4v) is 3.42. The molecule has 1 aliphatic heterocycles. The van der Waals surface area contributed by atoms with Gasteiger partial charge in [0.15, 0.2) is 0 Å². The number of hydrogen-bond acceptors (Lipinski definition) is 2. The molecule has 1 saturated carbocycles. The van der Waals surface area contributed by atoms with Crippen LogP contribution in [-0.4, -0.2) is 18.2 Å². The summed E-state index contributed by atoms with van der Waals surface area (Å²) >= 11 is 12.4. The SMILES string of the molecule is Clc1cccc(Cl)c1NC1CCOC2(CCC2)C1. The van der Waals surface area contributed by atoms with Gasteiger partial charge in [-0.1, -0.05) is 29.3 Å². The first-order valence-electron chi connectivity index (χ1n) is 6.53. The summed E-state index contributed by atoms with van der Waals surface area (Å²) in [5.74, 6) is 0. The van der Waals surface area contributed by atoms with Crippen LogP contribution in [0.5, 0.6) is 0 Å². The molecule has 1 spiro atoms. The van der Waals surface area contributed by atoms with Crippen molar-refractivity contribution in [2.75, 3.05) is 11.9 Å². The van der Waals surface area contributed by atoms with Crippen LogP contribution >= 0.6 is 23.2 Å². The Hall–Kier alpha value is -0.440. The molecule has 1 atom stereocenters. The summed E-state index contributed by atoms with van der Waals surface area (Å²) in [5.41, 5.74) is 1.01. The number of benzene rings is 1. The average Bonchev–Trinajstić information content (AvgIpc) is 2.33. The molecule has 1 heterocycles. The van der Waals surface area contributed by atoms with Gasteiger partial charge in [0.25, 0.3) is 0 Å². The molecule has 3 rings (SSSR count). The van der Waals surface area contributed by atoms with E-state index < -0.39 is 0 Å². The molecule has 0 aromatic heterocycles. The molecule has 1 saturated heterocycles. The van der Waals surface area contributed by atoms with E-state index in [2.05, 4.69) is 5.32 Å². The second-order valence-corrected chi connectivity index (χ2v) is 6.13. The summed E-state index contributed by atoms with van der Waals surface area (Å²) in [6.45, 7) is 0.833. The van der Waals surface area contributed by atoms with Gasteiger partial charge in [-0.25, -0.2) is 0 Å². The maximum absolute atomic E-state index is 6.19. The van der Waals surface area contributed by atoms with Gasteiger partial charge in [-0.2, -0.15) is 0 Å². The lowest BCUT2D eigenvalue weighted by Crippen LogP contribution is -2.49. The third-order valence-corrected chi connectivity index (χ3v) is 4.70. The van der Waals surface area contributed by atoms with Gasteiger partial charge in [0.05, 0.1) is 21.3 Å². The van der Waals surface area contributed by atoms with Gasteiger partial charge in [0.1, 0.15) is 0 Å². The fraction of sp³-hybridized carbons (Fsp3) is 0.571. The Kier molecular flexibility index (Phi) is 3.44. The fourth-order valence-electron chi connectivity index (χ4n) is 2.91. The van der Waals surface area contributed by atoms with Crippen LogP contribution in [0.1, 0.15) is 32.1 Å². The van der Waals surface area contributed by atoms with E-state index in [1.54, 1.807) is 0 Å². The van der Waals surface area contributed by atoms with Crippen LogP contribution in [0.3, 0.4) is 0 Å². The van der Waals surface area contributed by atoms with Crippen LogP contribution in [0.2, 0.25) is 10.0 Å². The van der Waals surface area contributed by atoms with E-state index in [-0.39, 0.29) is 5.60 Å². The van der Waals surface area contributed by atoms with Crippen LogP contribution in [-0.2, 0) is 4.74 Å². The van der Waals surface area contributed by atoms with E-state index in [1.807, 2.05) is 18.2 Å². The van der Waals surface area contributed by atoms with Crippen LogP contribution in [0.4, 0.5) is 5.69 Å². The minimum absolute atomic E-state index is 0.143. The number of halogens is 2. The number of anilines is 1. The maximum Gasteiger partial charge on any atom is 0.0721 e. The highest BCUT2D eigenvalue weighted by molar-refractivity contribution is 6.39. The molecule has 0 bridgehead atoms. The molecule has 18 heavy (non-hydrogen) atoms. The molecule has 2 fully saturated rings. The molecule has 4 heteroatoms. The number of para-hydroxylation sites is 1. The van der Waals surface area contributed by atoms with Crippen molar-refractivity contribution in [3.63, 3.8) is 0 Å². The van der Waals surface area contributed by atoms with Gasteiger partial charge in [-0.15, -0.1) is 0 Å². The Morgan fingerprint density at radius 2 is 1.94 bits per heavy atom. The molecular formula is C14H17Cl2NO. The smallest absolute Gasteiger partial charge is 0.0721 e. The molecule has 0 radical (unpaired) electrons. The first-order valence-corrected chi connectivity index (χ1v) is 7.29. The lowest BCUT2D eigenvalue weighted by molar-refractivity contribution is -0.130. The van der Waals surface area contributed by atoms with Gasteiger partial charge >= 0.3 is 0 Å². The molecule has 1 aromatic rings.